The number of methoxy groups -OCH3 is 1. The van der Waals surface area contributed by atoms with E-state index >= 15 is 0 Å². The average molecular weight is 420 g/mol. The summed E-state index contributed by atoms with van der Waals surface area (Å²) in [7, 11) is -2.11. The largest absolute Gasteiger partial charge is 0.435 e. The lowest BCUT2D eigenvalue weighted by molar-refractivity contribution is -0.141. The number of carbonyl (C=O) groups is 1. The van der Waals surface area contributed by atoms with E-state index in [0.717, 1.165) is 24.1 Å². The number of carbonyl (C=O) groups excluding carboxylic acids is 1. The van der Waals surface area contributed by atoms with Crippen LogP contribution in [0.3, 0.4) is 0 Å². The number of rotatable bonds is 7. The van der Waals surface area contributed by atoms with Crippen molar-refractivity contribution in [3.8, 4) is 5.82 Å². The molecule has 0 aliphatic heterocycles. The van der Waals surface area contributed by atoms with E-state index < -0.39 is 39.1 Å². The summed E-state index contributed by atoms with van der Waals surface area (Å²) in [6.07, 6.45) is -2.89. The van der Waals surface area contributed by atoms with Crippen molar-refractivity contribution in [3.05, 3.63) is 29.6 Å². The minimum absolute atomic E-state index is 0.0856. The molecule has 1 N–H and O–H groups in total. The first-order valence-corrected chi connectivity index (χ1v) is 9.88. The van der Waals surface area contributed by atoms with Crippen LogP contribution >= 0.6 is 0 Å². The molecule has 1 unspecified atom stereocenters. The maximum atomic E-state index is 13.4. The summed E-state index contributed by atoms with van der Waals surface area (Å²) >= 11 is 0. The van der Waals surface area contributed by atoms with Crippen molar-refractivity contribution in [2.24, 2.45) is 0 Å². The Morgan fingerprint density at radius 1 is 1.36 bits per heavy atom. The lowest BCUT2D eigenvalue weighted by Crippen LogP contribution is -2.24. The first-order chi connectivity index (χ1) is 12.9. The molecular weight excluding hydrogens is 401 g/mol. The van der Waals surface area contributed by atoms with Crippen molar-refractivity contribution in [3.63, 3.8) is 0 Å². The van der Waals surface area contributed by atoms with Gasteiger partial charge in [-0.3, -0.25) is 4.79 Å². The van der Waals surface area contributed by atoms with E-state index in [4.69, 9.17) is 4.74 Å². The number of hydrogen-bond acceptors (Lipinski definition) is 7. The van der Waals surface area contributed by atoms with Crippen LogP contribution in [0.25, 0.3) is 5.82 Å². The number of nitrogens with zero attached hydrogens (tertiary/aromatic N) is 3. The van der Waals surface area contributed by atoms with Gasteiger partial charge in [-0.05, 0) is 26.0 Å². The van der Waals surface area contributed by atoms with Crippen LogP contribution in [0.2, 0.25) is 0 Å². The highest BCUT2D eigenvalue weighted by Crippen LogP contribution is 2.36. The zero-order valence-electron chi connectivity index (χ0n) is 15.5. The van der Waals surface area contributed by atoms with E-state index in [1.165, 1.54) is 19.2 Å². The van der Waals surface area contributed by atoms with Gasteiger partial charge >= 0.3 is 6.18 Å². The zero-order valence-corrected chi connectivity index (χ0v) is 16.3. The zero-order chi connectivity index (χ0) is 21.3. The molecule has 12 heteroatoms. The standard InChI is InChI=1S/C16H19F3N4O4S/c1-9(8-27-3)21-15-13(10(2)24)14(16(17,18)19)22-23(15)12-6-5-11(7-20-12)28(4,25)26/h5-7,9,21H,8H2,1-4H3. The van der Waals surface area contributed by atoms with Crippen LogP contribution in [0, 0.1) is 0 Å². The van der Waals surface area contributed by atoms with Crippen molar-refractivity contribution in [1.29, 1.82) is 0 Å². The topological polar surface area (TPSA) is 103 Å². The summed E-state index contributed by atoms with van der Waals surface area (Å²) in [4.78, 5) is 15.8. The number of sulfone groups is 1. The number of halogens is 3. The Morgan fingerprint density at radius 3 is 2.43 bits per heavy atom. The van der Waals surface area contributed by atoms with E-state index in [1.807, 2.05) is 0 Å². The molecule has 8 nitrogen and oxygen atoms in total. The van der Waals surface area contributed by atoms with Crippen LogP contribution in [0.15, 0.2) is 23.2 Å². The summed E-state index contributed by atoms with van der Waals surface area (Å²) in [6, 6.07) is 1.96. The second-order valence-electron chi connectivity index (χ2n) is 6.16. The molecule has 2 aromatic heterocycles. The first kappa shape index (κ1) is 21.8. The van der Waals surface area contributed by atoms with Crippen molar-refractivity contribution >= 4 is 21.4 Å². The van der Waals surface area contributed by atoms with E-state index in [0.29, 0.717) is 0 Å². The Morgan fingerprint density at radius 2 is 2.00 bits per heavy atom. The van der Waals surface area contributed by atoms with Gasteiger partial charge in [-0.15, -0.1) is 0 Å². The fourth-order valence-electron chi connectivity index (χ4n) is 2.49. The molecule has 0 saturated heterocycles. The van der Waals surface area contributed by atoms with Crippen LogP contribution in [0.4, 0.5) is 19.0 Å². The summed E-state index contributed by atoms with van der Waals surface area (Å²) < 4.78 is 69.3. The molecule has 2 aromatic rings. The first-order valence-electron chi connectivity index (χ1n) is 7.99. The highest BCUT2D eigenvalue weighted by Gasteiger charge is 2.41. The summed E-state index contributed by atoms with van der Waals surface area (Å²) in [6.45, 7) is 2.81. The number of alkyl halides is 3. The van der Waals surface area contributed by atoms with Gasteiger partial charge in [-0.25, -0.2) is 13.4 Å². The Hall–Kier alpha value is -2.47. The van der Waals surface area contributed by atoms with Gasteiger partial charge in [0.2, 0.25) is 0 Å². The molecule has 0 radical (unpaired) electrons. The summed E-state index contributed by atoms with van der Waals surface area (Å²) in [5.74, 6) is -1.13. The van der Waals surface area contributed by atoms with E-state index in [1.54, 1.807) is 6.92 Å². The summed E-state index contributed by atoms with van der Waals surface area (Å²) in [5.41, 5.74) is -1.99. The Balaban J connectivity index is 2.69. The van der Waals surface area contributed by atoms with Crippen molar-refractivity contribution in [1.82, 2.24) is 14.8 Å². The maximum absolute atomic E-state index is 13.4. The second-order valence-corrected chi connectivity index (χ2v) is 8.18. The van der Waals surface area contributed by atoms with E-state index in [-0.39, 0.29) is 23.1 Å². The van der Waals surface area contributed by atoms with Crippen molar-refractivity contribution < 1.29 is 31.1 Å². The molecule has 28 heavy (non-hydrogen) atoms. The minimum atomic E-state index is -4.88. The number of Topliss-reactive ketones (excluding diaryl/α,β-unsaturated/α-hetero) is 1. The van der Waals surface area contributed by atoms with Gasteiger partial charge in [0, 0.05) is 25.6 Å². The number of aromatic nitrogens is 3. The second kappa shape index (κ2) is 7.87. The Bertz CT molecular complexity index is 969. The predicted octanol–water partition coefficient (Wildman–Crippen LogP) is 2.34. The molecule has 1 atom stereocenters. The molecule has 0 amide bonds. The molecule has 154 valence electrons. The van der Waals surface area contributed by atoms with Crippen LogP contribution in [0.1, 0.15) is 29.9 Å². The molecule has 0 spiro atoms. The molecule has 2 heterocycles. The fraction of sp³-hybridized carbons (Fsp3) is 0.438. The van der Waals surface area contributed by atoms with Gasteiger partial charge in [0.15, 0.2) is 27.1 Å². The third kappa shape index (κ3) is 4.68. The molecule has 2 rings (SSSR count). The lowest BCUT2D eigenvalue weighted by Gasteiger charge is -2.16. The Kier molecular flexibility index (Phi) is 6.14. The van der Waals surface area contributed by atoms with Crippen LogP contribution in [-0.2, 0) is 20.8 Å². The molecular formula is C16H19F3N4O4S. The van der Waals surface area contributed by atoms with Gasteiger partial charge in [-0.1, -0.05) is 0 Å². The smallest absolute Gasteiger partial charge is 0.383 e. The molecule has 0 bridgehead atoms. The molecule has 0 aromatic carbocycles. The van der Waals surface area contributed by atoms with Gasteiger partial charge < -0.3 is 10.1 Å². The molecule has 0 aliphatic carbocycles. The highest BCUT2D eigenvalue weighted by molar-refractivity contribution is 7.90. The number of ketones is 1. The van der Waals surface area contributed by atoms with Gasteiger partial charge in [0.05, 0.1) is 17.1 Å². The van der Waals surface area contributed by atoms with E-state index in [2.05, 4.69) is 15.4 Å². The Labute approximate surface area is 159 Å². The quantitative estimate of drug-likeness (QED) is 0.686. The highest BCUT2D eigenvalue weighted by atomic mass is 32.2. The van der Waals surface area contributed by atoms with E-state index in [9.17, 15) is 26.4 Å². The van der Waals surface area contributed by atoms with Gasteiger partial charge in [0.25, 0.3) is 0 Å². The molecule has 0 fully saturated rings. The molecule has 0 aliphatic rings. The predicted molar refractivity (Wildman–Crippen MR) is 94.4 cm³/mol. The molecule has 0 saturated carbocycles. The SMILES string of the molecule is COCC(C)Nc1c(C(C)=O)c(C(F)(F)F)nn1-c1ccc(S(C)(=O)=O)cn1. The lowest BCUT2D eigenvalue weighted by atomic mass is 10.1. The normalized spacial score (nSPS) is 13.4. The third-order valence-corrected chi connectivity index (χ3v) is 4.77. The van der Waals surface area contributed by atoms with Crippen LogP contribution in [0.5, 0.6) is 0 Å². The monoisotopic (exact) mass is 420 g/mol. The van der Waals surface area contributed by atoms with Crippen LogP contribution < -0.4 is 5.32 Å². The maximum Gasteiger partial charge on any atom is 0.435 e. The average Bonchev–Trinajstić information content (AvgIpc) is 2.94. The summed E-state index contributed by atoms with van der Waals surface area (Å²) in [5, 5.41) is 6.33. The number of pyridine rings is 1. The number of hydrogen-bond donors (Lipinski definition) is 1. The fourth-order valence-corrected chi connectivity index (χ4v) is 3.05. The van der Waals surface area contributed by atoms with Gasteiger partial charge in [-0.2, -0.15) is 23.0 Å². The number of nitrogens with one attached hydrogen (secondary N) is 1. The minimum Gasteiger partial charge on any atom is -0.383 e. The number of ether oxygens (including phenoxy) is 1. The third-order valence-electron chi connectivity index (χ3n) is 3.67. The van der Waals surface area contributed by atoms with Crippen molar-refractivity contribution in [2.75, 3.05) is 25.3 Å². The van der Waals surface area contributed by atoms with Gasteiger partial charge in [0.1, 0.15) is 5.82 Å². The van der Waals surface area contributed by atoms with Crippen LogP contribution in [-0.4, -0.2) is 55.0 Å². The van der Waals surface area contributed by atoms with Crippen molar-refractivity contribution in [2.45, 2.75) is 31.0 Å². The number of anilines is 1.